The van der Waals surface area contributed by atoms with Gasteiger partial charge in [0.15, 0.2) is 11.5 Å². The van der Waals surface area contributed by atoms with Crippen LogP contribution in [0.15, 0.2) is 36.0 Å². The third-order valence-electron chi connectivity index (χ3n) is 3.96. The van der Waals surface area contributed by atoms with Crippen LogP contribution in [0.4, 0.5) is 0 Å². The molecule has 0 unspecified atom stereocenters. The molecule has 0 amide bonds. The second-order valence-electron chi connectivity index (χ2n) is 5.44. The van der Waals surface area contributed by atoms with Crippen molar-refractivity contribution in [2.75, 3.05) is 14.2 Å². The molecule has 3 rings (SSSR count). The van der Waals surface area contributed by atoms with Crippen LogP contribution in [0.5, 0.6) is 11.5 Å². The van der Waals surface area contributed by atoms with Crippen molar-refractivity contribution in [1.29, 1.82) is 0 Å². The molecule has 0 saturated carbocycles. The maximum Gasteiger partial charge on any atom is 0.161 e. The number of fused-ring (bicyclic) bond motifs is 1. The minimum atomic E-state index is 0.716. The van der Waals surface area contributed by atoms with Crippen LogP contribution in [0.2, 0.25) is 0 Å². The summed E-state index contributed by atoms with van der Waals surface area (Å²) < 4.78 is 10.8. The minimum absolute atomic E-state index is 0.716. The van der Waals surface area contributed by atoms with Crippen molar-refractivity contribution in [2.45, 2.75) is 19.8 Å². The molecule has 1 aliphatic carbocycles. The highest BCUT2D eigenvalue weighted by Crippen LogP contribution is 2.34. The van der Waals surface area contributed by atoms with Gasteiger partial charge in [-0.05, 0) is 55.0 Å². The maximum atomic E-state index is 5.95. The number of nitrogens with zero attached hydrogens (tertiary/aromatic N) is 1. The summed E-state index contributed by atoms with van der Waals surface area (Å²) in [5.74, 6) is 1.44. The van der Waals surface area contributed by atoms with Gasteiger partial charge in [0.2, 0.25) is 0 Å². The molecule has 2 aromatic rings. The number of benzene rings is 1. The Labute approximate surface area is 130 Å². The maximum absolute atomic E-state index is 5.95. The Hall–Kier alpha value is -2.49. The normalized spacial score (nSPS) is 14.5. The summed E-state index contributed by atoms with van der Waals surface area (Å²) in [5.41, 5.74) is 9.86. The molecule has 1 aromatic carbocycles. The first kappa shape index (κ1) is 14.4. The molecule has 1 aliphatic rings. The fourth-order valence-corrected chi connectivity index (χ4v) is 2.80. The SMILES string of the molecule is COc1cc2cc(C3=CCCC(N)=C3)nc(C)c2cc1OC. The number of pyridine rings is 1. The Bertz CT molecular complexity index is 791. The van der Waals surface area contributed by atoms with Gasteiger partial charge in [-0.3, -0.25) is 4.98 Å². The Balaban J connectivity index is 2.18. The van der Waals surface area contributed by atoms with Crippen LogP contribution in [0, 0.1) is 6.92 Å². The van der Waals surface area contributed by atoms with E-state index in [1.165, 1.54) is 0 Å². The first-order chi connectivity index (χ1) is 10.6. The summed E-state index contributed by atoms with van der Waals surface area (Å²) in [6, 6.07) is 6.04. The van der Waals surface area contributed by atoms with Crippen molar-refractivity contribution < 1.29 is 9.47 Å². The molecule has 114 valence electrons. The highest BCUT2D eigenvalue weighted by molar-refractivity contribution is 5.91. The lowest BCUT2D eigenvalue weighted by molar-refractivity contribution is 0.356. The lowest BCUT2D eigenvalue weighted by atomic mass is 9.99. The fraction of sp³-hybridized carbons (Fsp3) is 0.278. The van der Waals surface area contributed by atoms with E-state index < -0.39 is 0 Å². The molecule has 0 saturated heterocycles. The van der Waals surface area contributed by atoms with E-state index >= 15 is 0 Å². The van der Waals surface area contributed by atoms with E-state index in [4.69, 9.17) is 20.2 Å². The molecule has 22 heavy (non-hydrogen) atoms. The third-order valence-corrected chi connectivity index (χ3v) is 3.96. The van der Waals surface area contributed by atoms with Gasteiger partial charge in [-0.2, -0.15) is 0 Å². The molecule has 1 heterocycles. The highest BCUT2D eigenvalue weighted by Gasteiger charge is 2.12. The number of hydrogen-bond donors (Lipinski definition) is 1. The van der Waals surface area contributed by atoms with E-state index in [-0.39, 0.29) is 0 Å². The van der Waals surface area contributed by atoms with Gasteiger partial charge in [-0.15, -0.1) is 0 Å². The molecule has 0 bridgehead atoms. The van der Waals surface area contributed by atoms with Gasteiger partial charge in [-0.1, -0.05) is 6.08 Å². The lowest BCUT2D eigenvalue weighted by Crippen LogP contribution is -2.02. The summed E-state index contributed by atoms with van der Waals surface area (Å²) in [5, 5.41) is 2.15. The lowest BCUT2D eigenvalue weighted by Gasteiger charge is -2.14. The van der Waals surface area contributed by atoms with E-state index in [9.17, 15) is 0 Å². The number of allylic oxidation sites excluding steroid dienone is 4. The van der Waals surface area contributed by atoms with Gasteiger partial charge >= 0.3 is 0 Å². The Kier molecular flexibility index (Phi) is 3.75. The van der Waals surface area contributed by atoms with E-state index in [0.29, 0.717) is 5.75 Å². The molecular formula is C18H20N2O2. The topological polar surface area (TPSA) is 57.4 Å². The summed E-state index contributed by atoms with van der Waals surface area (Å²) in [6.45, 7) is 2.01. The number of rotatable bonds is 3. The summed E-state index contributed by atoms with van der Waals surface area (Å²) >= 11 is 0. The quantitative estimate of drug-likeness (QED) is 0.940. The molecule has 2 N–H and O–H groups in total. The number of aryl methyl sites for hydroxylation is 1. The standard InChI is InChI=1S/C18H20N2O2/c1-11-15-10-18(22-3)17(21-2)9-13(15)8-16(20-11)12-5-4-6-14(19)7-12/h5,7-10H,4,6,19H2,1-3H3. The van der Waals surface area contributed by atoms with Crippen LogP contribution < -0.4 is 15.2 Å². The van der Waals surface area contributed by atoms with Crippen LogP contribution in [0.3, 0.4) is 0 Å². The predicted octanol–water partition coefficient (Wildman–Crippen LogP) is 3.58. The first-order valence-electron chi connectivity index (χ1n) is 7.32. The minimum Gasteiger partial charge on any atom is -0.493 e. The average Bonchev–Trinajstić information content (AvgIpc) is 2.53. The van der Waals surface area contributed by atoms with Crippen molar-refractivity contribution in [3.8, 4) is 11.5 Å². The number of hydrogen-bond acceptors (Lipinski definition) is 4. The van der Waals surface area contributed by atoms with Gasteiger partial charge in [0.05, 0.1) is 19.9 Å². The molecular weight excluding hydrogens is 276 g/mol. The van der Waals surface area contributed by atoms with Gasteiger partial charge < -0.3 is 15.2 Å². The number of methoxy groups -OCH3 is 2. The van der Waals surface area contributed by atoms with E-state index in [0.717, 1.165) is 52.0 Å². The summed E-state index contributed by atoms with van der Waals surface area (Å²) in [7, 11) is 3.28. The van der Waals surface area contributed by atoms with Crippen LogP contribution in [-0.4, -0.2) is 19.2 Å². The van der Waals surface area contributed by atoms with E-state index in [1.807, 2.05) is 25.1 Å². The second-order valence-corrected chi connectivity index (χ2v) is 5.44. The zero-order valence-electron chi connectivity index (χ0n) is 13.1. The van der Waals surface area contributed by atoms with Crippen LogP contribution in [0.1, 0.15) is 24.2 Å². The fourth-order valence-electron chi connectivity index (χ4n) is 2.80. The van der Waals surface area contributed by atoms with Crippen LogP contribution >= 0.6 is 0 Å². The van der Waals surface area contributed by atoms with Crippen molar-refractivity contribution in [3.63, 3.8) is 0 Å². The zero-order chi connectivity index (χ0) is 15.7. The van der Waals surface area contributed by atoms with Crippen molar-refractivity contribution in [2.24, 2.45) is 5.73 Å². The number of nitrogens with two attached hydrogens (primary N) is 1. The Morgan fingerprint density at radius 3 is 2.50 bits per heavy atom. The number of ether oxygens (including phenoxy) is 2. The summed E-state index contributed by atoms with van der Waals surface area (Å²) in [4.78, 5) is 4.73. The van der Waals surface area contributed by atoms with Crippen molar-refractivity contribution in [3.05, 3.63) is 47.4 Å². The van der Waals surface area contributed by atoms with Gasteiger partial charge in [0.25, 0.3) is 0 Å². The van der Waals surface area contributed by atoms with E-state index in [1.54, 1.807) is 14.2 Å². The van der Waals surface area contributed by atoms with Gasteiger partial charge in [0.1, 0.15) is 0 Å². The average molecular weight is 296 g/mol. The Morgan fingerprint density at radius 1 is 1.09 bits per heavy atom. The molecule has 4 heteroatoms. The molecule has 0 atom stereocenters. The molecule has 1 aromatic heterocycles. The Morgan fingerprint density at radius 2 is 1.82 bits per heavy atom. The van der Waals surface area contributed by atoms with E-state index in [2.05, 4.69) is 12.1 Å². The first-order valence-corrected chi connectivity index (χ1v) is 7.32. The van der Waals surface area contributed by atoms with Crippen molar-refractivity contribution in [1.82, 2.24) is 4.98 Å². The smallest absolute Gasteiger partial charge is 0.161 e. The number of aromatic nitrogens is 1. The van der Waals surface area contributed by atoms with Crippen molar-refractivity contribution >= 4 is 16.3 Å². The van der Waals surface area contributed by atoms with Crippen LogP contribution in [0.25, 0.3) is 16.3 Å². The summed E-state index contributed by atoms with van der Waals surface area (Å²) in [6.07, 6.45) is 6.08. The molecule has 0 spiro atoms. The van der Waals surface area contributed by atoms with Crippen LogP contribution in [-0.2, 0) is 0 Å². The van der Waals surface area contributed by atoms with Gasteiger partial charge in [0, 0.05) is 16.8 Å². The molecule has 4 nitrogen and oxygen atoms in total. The molecule has 0 fully saturated rings. The molecule has 0 aliphatic heterocycles. The highest BCUT2D eigenvalue weighted by atomic mass is 16.5. The zero-order valence-corrected chi connectivity index (χ0v) is 13.1. The van der Waals surface area contributed by atoms with Gasteiger partial charge in [-0.25, -0.2) is 0 Å². The predicted molar refractivity (Wildman–Crippen MR) is 89.1 cm³/mol. The largest absolute Gasteiger partial charge is 0.493 e. The molecule has 0 radical (unpaired) electrons. The monoisotopic (exact) mass is 296 g/mol. The third kappa shape index (κ3) is 2.52. The second kappa shape index (κ2) is 5.72.